The number of aryl methyl sites for hydroxylation is 3. The Morgan fingerprint density at radius 1 is 1.27 bits per heavy atom. The fourth-order valence-electron chi connectivity index (χ4n) is 2.58. The van der Waals surface area contributed by atoms with Gasteiger partial charge in [-0.25, -0.2) is 4.98 Å². The third-order valence-corrected chi connectivity index (χ3v) is 5.07. The molecule has 0 fully saturated rings. The number of thiazole rings is 1. The highest BCUT2D eigenvalue weighted by atomic mass is 32.1. The molecule has 0 saturated carbocycles. The van der Waals surface area contributed by atoms with Gasteiger partial charge in [0.1, 0.15) is 10.6 Å². The second-order valence-electron chi connectivity index (χ2n) is 5.99. The number of anilines is 3. The first-order valence-corrected chi connectivity index (χ1v) is 8.89. The normalized spacial score (nSPS) is 10.7. The minimum absolute atomic E-state index is 0.202. The predicted octanol–water partition coefficient (Wildman–Crippen LogP) is 3.81. The first-order valence-electron chi connectivity index (χ1n) is 8.08. The maximum Gasteiger partial charge on any atom is 0.267 e. The lowest BCUT2D eigenvalue weighted by Gasteiger charge is -2.14. The van der Waals surface area contributed by atoms with Crippen molar-refractivity contribution in [3.05, 3.63) is 46.1 Å². The minimum atomic E-state index is -0.202. The summed E-state index contributed by atoms with van der Waals surface area (Å²) in [5.41, 5.74) is 3.67. The highest BCUT2D eigenvalue weighted by molar-refractivity contribution is 7.17. The van der Waals surface area contributed by atoms with Crippen molar-refractivity contribution in [2.24, 2.45) is 7.05 Å². The summed E-state index contributed by atoms with van der Waals surface area (Å²) >= 11 is 1.28. The van der Waals surface area contributed by atoms with Gasteiger partial charge in [-0.1, -0.05) is 17.4 Å². The van der Waals surface area contributed by atoms with Crippen LogP contribution in [0.1, 0.15) is 26.5 Å². The number of amides is 1. The molecule has 0 atom stereocenters. The molecule has 0 radical (unpaired) electrons. The number of nitrogens with one attached hydrogen (secondary N) is 2. The monoisotopic (exact) mass is 371 g/mol. The van der Waals surface area contributed by atoms with Crippen LogP contribution in [0, 0.1) is 20.8 Å². The molecule has 0 saturated heterocycles. The van der Waals surface area contributed by atoms with Crippen LogP contribution in [0.2, 0.25) is 0 Å². The van der Waals surface area contributed by atoms with Gasteiger partial charge in [-0.15, -0.1) is 0 Å². The molecule has 0 spiro atoms. The summed E-state index contributed by atoms with van der Waals surface area (Å²) in [6, 6.07) is 5.73. The lowest BCUT2D eigenvalue weighted by atomic mass is 10.1. The third-order valence-electron chi connectivity index (χ3n) is 4.16. The zero-order chi connectivity index (χ0) is 18.8. The van der Waals surface area contributed by atoms with Gasteiger partial charge in [0, 0.05) is 24.4 Å². The van der Waals surface area contributed by atoms with E-state index in [1.807, 2.05) is 46.0 Å². The first kappa shape index (κ1) is 17.9. The molecule has 3 aromatic rings. The molecule has 136 valence electrons. The third kappa shape index (κ3) is 3.55. The van der Waals surface area contributed by atoms with Gasteiger partial charge in [0.05, 0.1) is 19.0 Å². The number of aromatic nitrogens is 3. The molecule has 2 aromatic heterocycles. The Bertz CT molecular complexity index is 941. The quantitative estimate of drug-likeness (QED) is 0.713. The van der Waals surface area contributed by atoms with Crippen molar-refractivity contribution in [3.8, 4) is 5.75 Å². The van der Waals surface area contributed by atoms with Gasteiger partial charge < -0.3 is 15.4 Å². The van der Waals surface area contributed by atoms with Crippen LogP contribution in [0.5, 0.6) is 5.75 Å². The predicted molar refractivity (Wildman–Crippen MR) is 104 cm³/mol. The molecule has 8 heteroatoms. The van der Waals surface area contributed by atoms with E-state index in [4.69, 9.17) is 4.74 Å². The fraction of sp³-hybridized carbons (Fsp3) is 0.278. The molecule has 0 aliphatic heterocycles. The second-order valence-corrected chi connectivity index (χ2v) is 7.02. The van der Waals surface area contributed by atoms with Gasteiger partial charge in [-0.2, -0.15) is 5.10 Å². The van der Waals surface area contributed by atoms with Gasteiger partial charge in [-0.3, -0.25) is 9.48 Å². The molecule has 2 heterocycles. The summed E-state index contributed by atoms with van der Waals surface area (Å²) in [6.45, 7) is 5.84. The van der Waals surface area contributed by atoms with E-state index in [0.717, 1.165) is 28.3 Å². The standard InChI is InChI=1S/C18H21N5O2S/c1-10-6-7-13(25-5)12(3)16(10)21-17(24)14-9-19-18(26-14)20-15-8-11(2)23(4)22-15/h6-9H,1-5H3,(H,21,24)(H,19,20,22). The Kier molecular flexibility index (Phi) is 4.94. The van der Waals surface area contributed by atoms with Crippen LogP contribution in [0.3, 0.4) is 0 Å². The van der Waals surface area contributed by atoms with Crippen molar-refractivity contribution in [1.29, 1.82) is 0 Å². The van der Waals surface area contributed by atoms with Crippen molar-refractivity contribution in [2.75, 3.05) is 17.7 Å². The number of hydrogen-bond donors (Lipinski definition) is 2. The molecule has 7 nitrogen and oxygen atoms in total. The van der Waals surface area contributed by atoms with E-state index in [1.54, 1.807) is 18.0 Å². The van der Waals surface area contributed by atoms with Crippen molar-refractivity contribution in [1.82, 2.24) is 14.8 Å². The maximum absolute atomic E-state index is 12.6. The number of benzene rings is 1. The van der Waals surface area contributed by atoms with Gasteiger partial charge in [0.15, 0.2) is 10.9 Å². The van der Waals surface area contributed by atoms with Crippen molar-refractivity contribution < 1.29 is 9.53 Å². The molecular formula is C18H21N5O2S. The number of nitrogens with zero attached hydrogens (tertiary/aromatic N) is 3. The van der Waals surface area contributed by atoms with Crippen LogP contribution in [0.4, 0.5) is 16.6 Å². The van der Waals surface area contributed by atoms with Crippen LogP contribution < -0.4 is 15.4 Å². The minimum Gasteiger partial charge on any atom is -0.496 e. The summed E-state index contributed by atoms with van der Waals surface area (Å²) < 4.78 is 7.11. The smallest absolute Gasteiger partial charge is 0.267 e. The number of ether oxygens (including phenoxy) is 1. The molecule has 1 amide bonds. The van der Waals surface area contributed by atoms with E-state index in [1.165, 1.54) is 11.3 Å². The molecule has 0 aliphatic carbocycles. The second kappa shape index (κ2) is 7.17. The highest BCUT2D eigenvalue weighted by Gasteiger charge is 2.15. The summed E-state index contributed by atoms with van der Waals surface area (Å²) in [5.74, 6) is 1.24. The number of carbonyl (C=O) groups excluding carboxylic acids is 1. The van der Waals surface area contributed by atoms with Crippen LogP contribution in [-0.2, 0) is 7.05 Å². The summed E-state index contributed by atoms with van der Waals surface area (Å²) in [5, 5.41) is 11.0. The number of rotatable bonds is 5. The lowest BCUT2D eigenvalue weighted by molar-refractivity contribution is 0.103. The molecule has 2 N–H and O–H groups in total. The zero-order valence-electron chi connectivity index (χ0n) is 15.4. The van der Waals surface area contributed by atoms with E-state index in [2.05, 4.69) is 20.7 Å². The Labute approximate surface area is 156 Å². The molecule has 1 aromatic carbocycles. The van der Waals surface area contributed by atoms with Gasteiger partial charge in [0.2, 0.25) is 0 Å². The summed E-state index contributed by atoms with van der Waals surface area (Å²) in [7, 11) is 3.49. The van der Waals surface area contributed by atoms with E-state index < -0.39 is 0 Å². The highest BCUT2D eigenvalue weighted by Crippen LogP contribution is 2.30. The molecule has 26 heavy (non-hydrogen) atoms. The number of methoxy groups -OCH3 is 1. The van der Waals surface area contributed by atoms with Gasteiger partial charge >= 0.3 is 0 Å². The van der Waals surface area contributed by atoms with Crippen LogP contribution in [0.15, 0.2) is 24.4 Å². The van der Waals surface area contributed by atoms with Crippen molar-refractivity contribution in [2.45, 2.75) is 20.8 Å². The molecule has 3 rings (SSSR count). The topological polar surface area (TPSA) is 81.1 Å². The molecular weight excluding hydrogens is 350 g/mol. The van der Waals surface area contributed by atoms with Gasteiger partial charge in [0.25, 0.3) is 5.91 Å². The Hall–Kier alpha value is -2.87. The first-order chi connectivity index (χ1) is 12.4. The summed E-state index contributed by atoms with van der Waals surface area (Å²) in [6.07, 6.45) is 1.56. The lowest BCUT2D eigenvalue weighted by Crippen LogP contribution is -2.12. The molecule has 0 unspecified atom stereocenters. The Morgan fingerprint density at radius 2 is 2.04 bits per heavy atom. The van der Waals surface area contributed by atoms with Crippen molar-refractivity contribution in [3.63, 3.8) is 0 Å². The van der Waals surface area contributed by atoms with Crippen LogP contribution in [0.25, 0.3) is 0 Å². The van der Waals surface area contributed by atoms with Gasteiger partial charge in [-0.05, 0) is 32.4 Å². The Balaban J connectivity index is 1.76. The average Bonchev–Trinajstić information content (AvgIpc) is 3.18. The van der Waals surface area contributed by atoms with E-state index in [0.29, 0.717) is 15.8 Å². The summed E-state index contributed by atoms with van der Waals surface area (Å²) in [4.78, 5) is 17.4. The van der Waals surface area contributed by atoms with E-state index in [9.17, 15) is 4.79 Å². The molecule has 0 aliphatic rings. The largest absolute Gasteiger partial charge is 0.496 e. The maximum atomic E-state index is 12.6. The average molecular weight is 371 g/mol. The Morgan fingerprint density at radius 3 is 2.69 bits per heavy atom. The number of hydrogen-bond acceptors (Lipinski definition) is 6. The van der Waals surface area contributed by atoms with E-state index >= 15 is 0 Å². The number of carbonyl (C=O) groups is 1. The fourth-order valence-corrected chi connectivity index (χ4v) is 3.30. The zero-order valence-corrected chi connectivity index (χ0v) is 16.2. The SMILES string of the molecule is COc1ccc(C)c(NC(=O)c2cnc(Nc3cc(C)n(C)n3)s2)c1C. The van der Waals surface area contributed by atoms with Crippen LogP contribution in [-0.4, -0.2) is 27.8 Å². The van der Waals surface area contributed by atoms with Crippen LogP contribution >= 0.6 is 11.3 Å². The molecule has 0 bridgehead atoms. The van der Waals surface area contributed by atoms with Crippen molar-refractivity contribution >= 4 is 33.9 Å². The van der Waals surface area contributed by atoms with E-state index in [-0.39, 0.29) is 5.91 Å².